The van der Waals surface area contributed by atoms with Crippen LogP contribution in [0.25, 0.3) is 0 Å². The molecule has 2 rings (SSSR count). The van der Waals surface area contributed by atoms with E-state index in [0.29, 0.717) is 11.1 Å². The van der Waals surface area contributed by atoms with Gasteiger partial charge in [0.05, 0.1) is 0 Å². The van der Waals surface area contributed by atoms with Crippen LogP contribution < -0.4 is 0 Å². The van der Waals surface area contributed by atoms with Crippen LogP contribution in [-0.4, -0.2) is 35.6 Å². The van der Waals surface area contributed by atoms with Crippen molar-refractivity contribution in [2.45, 2.75) is 27.2 Å². The first-order valence-electron chi connectivity index (χ1n) is 5.37. The minimum atomic E-state index is -0.949. The topological polar surface area (TPSA) is 78.5 Å². The van der Waals surface area contributed by atoms with Gasteiger partial charge in [-0.05, 0) is 5.41 Å². The summed E-state index contributed by atoms with van der Waals surface area (Å²) in [6, 6.07) is -0.752. The van der Waals surface area contributed by atoms with Crippen molar-refractivity contribution in [3.63, 3.8) is 0 Å². The Morgan fingerprint density at radius 3 is 2.72 bits per heavy atom. The van der Waals surface area contributed by atoms with E-state index in [1.165, 1.54) is 12.7 Å². The van der Waals surface area contributed by atoms with Crippen LogP contribution >= 0.6 is 0 Å². The summed E-state index contributed by atoms with van der Waals surface area (Å²) in [5.41, 5.74) is -0.0884. The number of carbonyl (C=O) groups excluding carboxylic acids is 1. The van der Waals surface area contributed by atoms with Gasteiger partial charge in [0.15, 0.2) is 5.82 Å². The third kappa shape index (κ3) is 2.58. The molecular weight excluding hydrogens is 239 g/mol. The van der Waals surface area contributed by atoms with Crippen LogP contribution in [0.5, 0.6) is 0 Å². The van der Waals surface area contributed by atoms with Gasteiger partial charge in [-0.3, -0.25) is 0 Å². The Labute approximate surface area is 103 Å². The molecule has 96 valence electrons. The summed E-state index contributed by atoms with van der Waals surface area (Å²) < 4.78 is 15.0. The molecule has 2 aromatic heterocycles. The van der Waals surface area contributed by atoms with E-state index in [4.69, 9.17) is 0 Å². The second kappa shape index (κ2) is 4.28. The first-order chi connectivity index (χ1) is 8.37. The van der Waals surface area contributed by atoms with Crippen molar-refractivity contribution in [2.75, 3.05) is 0 Å². The molecule has 0 bridgehead atoms. The molecule has 0 aliphatic rings. The highest BCUT2D eigenvalue weighted by Gasteiger charge is 2.21. The molecule has 0 saturated carbocycles. The molecule has 0 spiro atoms. The smallest absolute Gasteiger partial charge is 0.243 e. The van der Waals surface area contributed by atoms with Crippen molar-refractivity contribution in [2.24, 2.45) is 5.41 Å². The van der Waals surface area contributed by atoms with Gasteiger partial charge in [0, 0.05) is 6.42 Å². The first kappa shape index (κ1) is 12.3. The fourth-order valence-electron chi connectivity index (χ4n) is 1.41. The molecule has 0 N–H and O–H groups in total. The highest BCUT2D eigenvalue weighted by atomic mass is 19.1. The monoisotopic (exact) mass is 252 g/mol. The van der Waals surface area contributed by atoms with Gasteiger partial charge in [-0.1, -0.05) is 20.8 Å². The fourth-order valence-corrected chi connectivity index (χ4v) is 1.41. The Kier molecular flexibility index (Phi) is 2.93. The van der Waals surface area contributed by atoms with E-state index in [0.717, 1.165) is 4.68 Å². The van der Waals surface area contributed by atoms with Crippen molar-refractivity contribution in [1.82, 2.24) is 29.5 Å². The Bertz CT molecular complexity index is 553. The molecule has 0 unspecified atom stereocenters. The predicted molar refractivity (Wildman–Crippen MR) is 59.4 cm³/mol. The highest BCUT2D eigenvalue weighted by Crippen LogP contribution is 2.18. The van der Waals surface area contributed by atoms with E-state index < -0.39 is 12.1 Å². The second-order valence-electron chi connectivity index (χ2n) is 5.07. The van der Waals surface area contributed by atoms with Crippen molar-refractivity contribution in [3.8, 4) is 0 Å². The molecule has 2 heterocycles. The lowest BCUT2D eigenvalue weighted by Gasteiger charge is -2.14. The zero-order chi connectivity index (χ0) is 13.3. The Balaban J connectivity index is 2.27. The molecule has 18 heavy (non-hydrogen) atoms. The van der Waals surface area contributed by atoms with E-state index >= 15 is 0 Å². The van der Waals surface area contributed by atoms with E-state index in [1.807, 2.05) is 20.8 Å². The van der Waals surface area contributed by atoms with Gasteiger partial charge >= 0.3 is 12.1 Å². The van der Waals surface area contributed by atoms with Crippen LogP contribution in [0.2, 0.25) is 0 Å². The number of hydrogen-bond acceptors (Lipinski definition) is 5. The molecule has 2 aromatic rings. The molecule has 0 aliphatic carbocycles. The maximum Gasteiger partial charge on any atom is 0.374 e. The van der Waals surface area contributed by atoms with Crippen LogP contribution in [0, 0.1) is 11.5 Å². The minimum absolute atomic E-state index is 0.0884. The normalized spacial score (nSPS) is 11.8. The number of hydrogen-bond donors (Lipinski definition) is 0. The standard InChI is InChI=1S/C10H13FN6O/c1-10(2,3)4-7-14-8(11)17(15-7)9(18)16-6-12-5-13-16/h5-6H,4H2,1-3H3. The van der Waals surface area contributed by atoms with Gasteiger partial charge in [0.25, 0.3) is 0 Å². The van der Waals surface area contributed by atoms with Gasteiger partial charge in [-0.15, -0.1) is 9.78 Å². The van der Waals surface area contributed by atoms with E-state index in [1.54, 1.807) is 0 Å². The van der Waals surface area contributed by atoms with Gasteiger partial charge in [0.2, 0.25) is 0 Å². The summed E-state index contributed by atoms with van der Waals surface area (Å²) >= 11 is 0. The highest BCUT2D eigenvalue weighted by molar-refractivity contribution is 5.76. The second-order valence-corrected chi connectivity index (χ2v) is 5.07. The number of halogens is 1. The van der Waals surface area contributed by atoms with Gasteiger partial charge in [-0.2, -0.15) is 19.2 Å². The Morgan fingerprint density at radius 1 is 1.44 bits per heavy atom. The lowest BCUT2D eigenvalue weighted by molar-refractivity contribution is 0.233. The largest absolute Gasteiger partial charge is 0.374 e. The molecule has 7 nitrogen and oxygen atoms in total. The lowest BCUT2D eigenvalue weighted by Crippen LogP contribution is -2.23. The van der Waals surface area contributed by atoms with Crippen molar-refractivity contribution < 1.29 is 9.18 Å². The minimum Gasteiger partial charge on any atom is -0.243 e. The molecular formula is C10H13FN6O. The maximum absolute atomic E-state index is 13.5. The van der Waals surface area contributed by atoms with E-state index in [9.17, 15) is 9.18 Å². The molecule has 8 heteroatoms. The average molecular weight is 252 g/mol. The van der Waals surface area contributed by atoms with Crippen LogP contribution in [0.15, 0.2) is 12.7 Å². The van der Waals surface area contributed by atoms with Crippen LogP contribution in [-0.2, 0) is 6.42 Å². The number of nitrogens with zero attached hydrogens (tertiary/aromatic N) is 6. The molecule has 0 atom stereocenters. The summed E-state index contributed by atoms with van der Waals surface area (Å²) in [4.78, 5) is 19.0. The molecule has 0 aromatic carbocycles. The van der Waals surface area contributed by atoms with Gasteiger partial charge < -0.3 is 0 Å². The van der Waals surface area contributed by atoms with E-state index in [-0.39, 0.29) is 11.2 Å². The third-order valence-electron chi connectivity index (χ3n) is 2.10. The molecule has 0 amide bonds. The number of carbonyl (C=O) groups is 1. The lowest BCUT2D eigenvalue weighted by atomic mass is 9.92. The van der Waals surface area contributed by atoms with Gasteiger partial charge in [0.1, 0.15) is 12.7 Å². The molecule has 0 saturated heterocycles. The Morgan fingerprint density at radius 2 is 2.17 bits per heavy atom. The number of aromatic nitrogens is 6. The van der Waals surface area contributed by atoms with Crippen molar-refractivity contribution in [1.29, 1.82) is 0 Å². The molecule has 0 radical (unpaired) electrons. The molecule has 0 fully saturated rings. The zero-order valence-corrected chi connectivity index (χ0v) is 10.3. The summed E-state index contributed by atoms with van der Waals surface area (Å²) in [5.74, 6) is 0.286. The maximum atomic E-state index is 13.5. The first-order valence-corrected chi connectivity index (χ1v) is 5.37. The van der Waals surface area contributed by atoms with Crippen LogP contribution in [0.3, 0.4) is 0 Å². The average Bonchev–Trinajstić information content (AvgIpc) is 2.84. The van der Waals surface area contributed by atoms with Crippen LogP contribution in [0.1, 0.15) is 26.6 Å². The van der Waals surface area contributed by atoms with E-state index in [2.05, 4.69) is 20.2 Å². The molecule has 0 aliphatic heterocycles. The van der Waals surface area contributed by atoms with Crippen molar-refractivity contribution in [3.05, 3.63) is 24.6 Å². The van der Waals surface area contributed by atoms with Gasteiger partial charge in [-0.25, -0.2) is 9.78 Å². The summed E-state index contributed by atoms with van der Waals surface area (Å²) in [6.07, 6.45) is 1.88. The summed E-state index contributed by atoms with van der Waals surface area (Å²) in [5, 5.41) is 7.46. The number of rotatable bonds is 1. The zero-order valence-electron chi connectivity index (χ0n) is 10.3. The SMILES string of the molecule is CC(C)(C)Cc1nc(F)n(C(=O)n2cncn2)n1. The van der Waals surface area contributed by atoms with Crippen molar-refractivity contribution >= 4 is 6.03 Å². The predicted octanol–water partition coefficient (Wildman–Crippen LogP) is 1.11. The fraction of sp³-hybridized carbons (Fsp3) is 0.500. The summed E-state index contributed by atoms with van der Waals surface area (Å²) in [7, 11) is 0. The quantitative estimate of drug-likeness (QED) is 0.759. The van der Waals surface area contributed by atoms with Crippen LogP contribution in [0.4, 0.5) is 9.18 Å². The third-order valence-corrected chi connectivity index (χ3v) is 2.10. The summed E-state index contributed by atoms with van der Waals surface area (Å²) in [6.45, 7) is 5.93. The Hall–Kier alpha value is -2.12.